The zero-order valence-corrected chi connectivity index (χ0v) is 12.8. The average Bonchev–Trinajstić information content (AvgIpc) is 2.53. The molecule has 1 aromatic rings. The monoisotopic (exact) mass is 330 g/mol. The number of carbonyl (C=O) groups excluding carboxylic acids is 1. The minimum atomic E-state index is -4.33. The van der Waals surface area contributed by atoms with Crippen molar-refractivity contribution in [3.8, 4) is 0 Å². The summed E-state index contributed by atoms with van der Waals surface area (Å²) in [5.74, 6) is -0.347. The molecule has 0 unspecified atom stereocenters. The molecule has 0 atom stereocenters. The lowest BCUT2D eigenvalue weighted by Gasteiger charge is -2.34. The number of hydrogen-bond acceptors (Lipinski definition) is 3. The molecule has 1 saturated heterocycles. The van der Waals surface area contributed by atoms with Crippen LogP contribution in [0.25, 0.3) is 0 Å². The van der Waals surface area contributed by atoms with Gasteiger partial charge in [0.1, 0.15) is 0 Å². The van der Waals surface area contributed by atoms with Gasteiger partial charge in [0.15, 0.2) is 0 Å². The van der Waals surface area contributed by atoms with Gasteiger partial charge in [0.2, 0.25) is 5.91 Å². The maximum Gasteiger partial charge on any atom is 0.389 e. The summed E-state index contributed by atoms with van der Waals surface area (Å²) in [7, 11) is 0. The molecular formula is C16H21F3N2O2. The zero-order valence-electron chi connectivity index (χ0n) is 12.8. The summed E-state index contributed by atoms with van der Waals surface area (Å²) in [6.07, 6.45) is -4.32. The molecular weight excluding hydrogens is 309 g/mol. The smallest absolute Gasteiger partial charge is 0.389 e. The molecule has 0 saturated carbocycles. The standard InChI is InChI=1S/C16H21F3N2O2/c17-16(18,19)8-5-15(23)20-13-3-1-2-4-14(13)21-9-6-12(11-22)7-10-21/h1-4,12,22H,5-11H2,(H,20,23). The fraction of sp³-hybridized carbons (Fsp3) is 0.562. The number of halogens is 3. The van der Waals surface area contributed by atoms with E-state index in [1.165, 1.54) is 0 Å². The number of nitrogens with one attached hydrogen (secondary N) is 1. The van der Waals surface area contributed by atoms with Crippen LogP contribution in [-0.2, 0) is 4.79 Å². The maximum absolute atomic E-state index is 12.2. The van der Waals surface area contributed by atoms with Crippen molar-refractivity contribution in [2.75, 3.05) is 29.9 Å². The zero-order chi connectivity index (χ0) is 16.9. The molecule has 0 bridgehead atoms. The Bertz CT molecular complexity index is 526. The van der Waals surface area contributed by atoms with Crippen LogP contribution in [0.3, 0.4) is 0 Å². The molecule has 0 radical (unpaired) electrons. The van der Waals surface area contributed by atoms with Gasteiger partial charge in [-0.1, -0.05) is 12.1 Å². The SMILES string of the molecule is O=C(CCC(F)(F)F)Nc1ccccc1N1CCC(CO)CC1. The molecule has 1 heterocycles. The third kappa shape index (κ3) is 5.42. The second kappa shape index (κ2) is 7.68. The number of carbonyl (C=O) groups is 1. The van der Waals surface area contributed by atoms with Crippen molar-refractivity contribution in [1.82, 2.24) is 0 Å². The van der Waals surface area contributed by atoms with Gasteiger partial charge in [-0.3, -0.25) is 4.79 Å². The van der Waals surface area contributed by atoms with Gasteiger partial charge in [0.25, 0.3) is 0 Å². The molecule has 1 amide bonds. The number of rotatable bonds is 5. The van der Waals surface area contributed by atoms with Crippen molar-refractivity contribution in [2.24, 2.45) is 5.92 Å². The number of amides is 1. The second-order valence-corrected chi connectivity index (χ2v) is 5.79. The number of para-hydroxylation sites is 2. The topological polar surface area (TPSA) is 52.6 Å². The predicted octanol–water partition coefficient (Wildman–Crippen LogP) is 3.18. The lowest BCUT2D eigenvalue weighted by atomic mass is 9.97. The van der Waals surface area contributed by atoms with E-state index >= 15 is 0 Å². The molecule has 7 heteroatoms. The van der Waals surface area contributed by atoms with E-state index in [0.717, 1.165) is 31.6 Å². The number of aliphatic hydroxyl groups excluding tert-OH is 1. The van der Waals surface area contributed by atoms with E-state index in [0.29, 0.717) is 11.6 Å². The Kier molecular flexibility index (Phi) is 5.87. The van der Waals surface area contributed by atoms with Gasteiger partial charge in [-0.2, -0.15) is 13.2 Å². The summed E-state index contributed by atoms with van der Waals surface area (Å²) in [5, 5.41) is 11.8. The normalized spacial score (nSPS) is 16.4. The number of alkyl halides is 3. The Morgan fingerprint density at radius 3 is 2.52 bits per heavy atom. The Morgan fingerprint density at radius 2 is 1.91 bits per heavy atom. The van der Waals surface area contributed by atoms with E-state index in [4.69, 9.17) is 0 Å². The minimum Gasteiger partial charge on any atom is -0.396 e. The van der Waals surface area contributed by atoms with Crippen LogP contribution in [0.2, 0.25) is 0 Å². The van der Waals surface area contributed by atoms with Crippen LogP contribution in [0, 0.1) is 5.92 Å². The van der Waals surface area contributed by atoms with Gasteiger partial charge >= 0.3 is 6.18 Å². The van der Waals surface area contributed by atoms with E-state index in [2.05, 4.69) is 10.2 Å². The molecule has 1 fully saturated rings. The number of aliphatic hydroxyl groups is 1. The van der Waals surface area contributed by atoms with Gasteiger partial charge in [0.05, 0.1) is 17.8 Å². The predicted molar refractivity (Wildman–Crippen MR) is 82.4 cm³/mol. The third-order valence-electron chi connectivity index (χ3n) is 4.03. The maximum atomic E-state index is 12.2. The van der Waals surface area contributed by atoms with Crippen LogP contribution in [0.5, 0.6) is 0 Å². The van der Waals surface area contributed by atoms with E-state index in [9.17, 15) is 23.1 Å². The van der Waals surface area contributed by atoms with Gasteiger partial charge in [0, 0.05) is 26.1 Å². The van der Waals surface area contributed by atoms with Crippen LogP contribution in [-0.4, -0.2) is 36.9 Å². The molecule has 4 nitrogen and oxygen atoms in total. The first-order valence-corrected chi connectivity index (χ1v) is 7.70. The number of nitrogens with zero attached hydrogens (tertiary/aromatic N) is 1. The number of hydrogen-bond donors (Lipinski definition) is 2. The van der Waals surface area contributed by atoms with E-state index in [1.807, 2.05) is 12.1 Å². The highest BCUT2D eigenvalue weighted by Crippen LogP contribution is 2.30. The second-order valence-electron chi connectivity index (χ2n) is 5.79. The van der Waals surface area contributed by atoms with Crippen molar-refractivity contribution >= 4 is 17.3 Å². The molecule has 0 aromatic heterocycles. The third-order valence-corrected chi connectivity index (χ3v) is 4.03. The van der Waals surface area contributed by atoms with Crippen molar-refractivity contribution in [2.45, 2.75) is 31.9 Å². The molecule has 1 aromatic carbocycles. The highest BCUT2D eigenvalue weighted by atomic mass is 19.4. The Morgan fingerprint density at radius 1 is 1.26 bits per heavy atom. The summed E-state index contributed by atoms with van der Waals surface area (Å²) < 4.78 is 36.6. The minimum absolute atomic E-state index is 0.170. The molecule has 0 spiro atoms. The fourth-order valence-electron chi connectivity index (χ4n) is 2.68. The van der Waals surface area contributed by atoms with Crippen molar-refractivity contribution < 1.29 is 23.1 Å². The van der Waals surface area contributed by atoms with Crippen LogP contribution in [0.4, 0.5) is 24.5 Å². The summed E-state index contributed by atoms with van der Waals surface area (Å²) in [6.45, 7) is 1.67. The van der Waals surface area contributed by atoms with Gasteiger partial charge in [-0.15, -0.1) is 0 Å². The molecule has 23 heavy (non-hydrogen) atoms. The molecule has 2 rings (SSSR count). The van der Waals surface area contributed by atoms with Crippen molar-refractivity contribution in [3.05, 3.63) is 24.3 Å². The highest BCUT2D eigenvalue weighted by molar-refractivity contribution is 5.94. The summed E-state index contributed by atoms with van der Waals surface area (Å²) >= 11 is 0. The number of benzene rings is 1. The molecule has 1 aliphatic heterocycles. The molecule has 2 N–H and O–H groups in total. The van der Waals surface area contributed by atoms with E-state index in [-0.39, 0.29) is 6.61 Å². The first kappa shape index (κ1) is 17.6. The van der Waals surface area contributed by atoms with Crippen molar-refractivity contribution in [1.29, 1.82) is 0 Å². The van der Waals surface area contributed by atoms with Crippen LogP contribution < -0.4 is 10.2 Å². The largest absolute Gasteiger partial charge is 0.396 e. The van der Waals surface area contributed by atoms with Gasteiger partial charge < -0.3 is 15.3 Å². The van der Waals surface area contributed by atoms with Crippen LogP contribution >= 0.6 is 0 Å². The molecule has 128 valence electrons. The average molecular weight is 330 g/mol. The van der Waals surface area contributed by atoms with E-state index in [1.54, 1.807) is 12.1 Å². The quantitative estimate of drug-likeness (QED) is 0.872. The molecule has 1 aliphatic rings. The first-order chi connectivity index (χ1) is 10.9. The van der Waals surface area contributed by atoms with E-state index < -0.39 is 24.9 Å². The Balaban J connectivity index is 1.99. The van der Waals surface area contributed by atoms with Crippen LogP contribution in [0.1, 0.15) is 25.7 Å². The lowest BCUT2D eigenvalue weighted by Crippen LogP contribution is -2.35. The molecule has 0 aliphatic carbocycles. The summed E-state index contributed by atoms with van der Waals surface area (Å²) in [6, 6.07) is 7.11. The van der Waals surface area contributed by atoms with Crippen molar-refractivity contribution in [3.63, 3.8) is 0 Å². The Hall–Kier alpha value is -1.76. The summed E-state index contributed by atoms with van der Waals surface area (Å²) in [4.78, 5) is 13.8. The Labute approximate surface area is 133 Å². The van der Waals surface area contributed by atoms with Gasteiger partial charge in [-0.05, 0) is 30.9 Å². The highest BCUT2D eigenvalue weighted by Gasteiger charge is 2.28. The number of piperidine rings is 1. The fourth-order valence-corrected chi connectivity index (χ4v) is 2.68. The lowest BCUT2D eigenvalue weighted by molar-refractivity contribution is -0.142. The first-order valence-electron chi connectivity index (χ1n) is 7.70. The summed E-state index contributed by atoms with van der Waals surface area (Å²) in [5.41, 5.74) is 1.34. The number of anilines is 2. The van der Waals surface area contributed by atoms with Gasteiger partial charge in [-0.25, -0.2) is 0 Å². The van der Waals surface area contributed by atoms with Crippen LogP contribution in [0.15, 0.2) is 24.3 Å².